The molecule has 0 saturated carbocycles. The lowest BCUT2D eigenvalue weighted by Crippen LogP contribution is -1.94. The van der Waals surface area contributed by atoms with E-state index in [0.717, 1.165) is 16.0 Å². The van der Waals surface area contributed by atoms with Crippen LogP contribution in [0.4, 0.5) is 0 Å². The van der Waals surface area contributed by atoms with Gasteiger partial charge in [-0.3, -0.25) is 0 Å². The molecule has 0 amide bonds. The van der Waals surface area contributed by atoms with Gasteiger partial charge in [0, 0.05) is 16.5 Å². The van der Waals surface area contributed by atoms with Gasteiger partial charge >= 0.3 is 5.97 Å². The van der Waals surface area contributed by atoms with Crippen molar-refractivity contribution < 1.29 is 14.4 Å². The summed E-state index contributed by atoms with van der Waals surface area (Å²) in [5, 5.41) is 12.3. The number of benzene rings is 1. The minimum Gasteiger partial charge on any atom is -0.476 e. The van der Waals surface area contributed by atoms with Gasteiger partial charge in [0.2, 0.25) is 0 Å². The molecule has 0 radical (unpaired) electrons. The molecule has 0 saturated heterocycles. The number of nitrogens with zero attached hydrogens (tertiary/aromatic N) is 1. The second-order valence-corrected chi connectivity index (χ2v) is 4.44. The van der Waals surface area contributed by atoms with E-state index in [2.05, 4.69) is 5.16 Å². The Morgan fingerprint density at radius 1 is 1.41 bits per heavy atom. The number of carboxylic acids is 1. The molecule has 4 nitrogen and oxygen atoms in total. The molecule has 88 valence electrons. The van der Waals surface area contributed by atoms with Gasteiger partial charge in [0.15, 0.2) is 11.5 Å². The quantitative estimate of drug-likeness (QED) is 0.847. The molecule has 1 heterocycles. The summed E-state index contributed by atoms with van der Waals surface area (Å²) in [6.45, 7) is 1.96. The van der Waals surface area contributed by atoms with Gasteiger partial charge in [-0.25, -0.2) is 4.79 Å². The Bertz CT molecular complexity index is 563. The number of hydrogen-bond acceptors (Lipinski definition) is 4. The largest absolute Gasteiger partial charge is 0.476 e. The summed E-state index contributed by atoms with van der Waals surface area (Å²) in [7, 11) is 0. The van der Waals surface area contributed by atoms with Crippen LogP contribution in [0, 0.1) is 6.92 Å². The molecule has 1 aromatic carbocycles. The lowest BCUT2D eigenvalue weighted by atomic mass is 10.1. The molecule has 0 bridgehead atoms. The first-order valence-electron chi connectivity index (χ1n) is 4.97. The average Bonchev–Trinajstić information content (AvgIpc) is 2.78. The number of aromatic carboxylic acids is 1. The van der Waals surface area contributed by atoms with Gasteiger partial charge in [0.25, 0.3) is 0 Å². The van der Waals surface area contributed by atoms with Crippen LogP contribution >= 0.6 is 11.8 Å². The Hall–Kier alpha value is -1.75. The Labute approximate surface area is 103 Å². The number of thioether (sulfide) groups is 1. The van der Waals surface area contributed by atoms with Gasteiger partial charge in [0.05, 0.1) is 0 Å². The molecular weight excluding hydrogens is 238 g/mol. The molecule has 2 rings (SSSR count). The van der Waals surface area contributed by atoms with Gasteiger partial charge in [-0.2, -0.15) is 0 Å². The van der Waals surface area contributed by atoms with Crippen molar-refractivity contribution in [1.82, 2.24) is 5.16 Å². The second kappa shape index (κ2) is 4.63. The summed E-state index contributed by atoms with van der Waals surface area (Å²) in [5.41, 5.74) is 1.82. The van der Waals surface area contributed by atoms with Crippen molar-refractivity contribution in [3.05, 3.63) is 35.5 Å². The van der Waals surface area contributed by atoms with E-state index in [9.17, 15) is 4.79 Å². The fourth-order valence-corrected chi connectivity index (χ4v) is 2.04. The van der Waals surface area contributed by atoms with Crippen LogP contribution in [0.25, 0.3) is 11.3 Å². The number of carbonyl (C=O) groups is 1. The molecule has 0 aliphatic carbocycles. The second-order valence-electron chi connectivity index (χ2n) is 3.56. The maximum Gasteiger partial charge on any atom is 0.358 e. The zero-order valence-electron chi connectivity index (χ0n) is 9.43. The molecule has 0 aliphatic heterocycles. The molecule has 1 N–H and O–H groups in total. The van der Waals surface area contributed by atoms with Gasteiger partial charge in [-0.1, -0.05) is 5.16 Å². The minimum absolute atomic E-state index is 0.0756. The normalized spacial score (nSPS) is 10.5. The van der Waals surface area contributed by atoms with Crippen molar-refractivity contribution in [1.29, 1.82) is 0 Å². The lowest BCUT2D eigenvalue weighted by Gasteiger charge is -2.03. The fraction of sp³-hybridized carbons (Fsp3) is 0.167. The van der Waals surface area contributed by atoms with Crippen molar-refractivity contribution in [2.75, 3.05) is 6.26 Å². The first-order chi connectivity index (χ1) is 8.11. The van der Waals surface area contributed by atoms with Gasteiger partial charge in [0.1, 0.15) is 0 Å². The molecule has 2 aromatic rings. The molecule has 17 heavy (non-hydrogen) atoms. The van der Waals surface area contributed by atoms with Crippen molar-refractivity contribution >= 4 is 17.7 Å². The number of rotatable bonds is 3. The summed E-state index contributed by atoms with van der Waals surface area (Å²) in [5.74, 6) is -0.606. The number of aromatic nitrogens is 1. The maximum atomic E-state index is 10.7. The zero-order chi connectivity index (χ0) is 12.4. The molecule has 5 heteroatoms. The van der Waals surface area contributed by atoms with E-state index in [4.69, 9.17) is 9.63 Å². The minimum atomic E-state index is -1.08. The van der Waals surface area contributed by atoms with Gasteiger partial charge < -0.3 is 9.63 Å². The van der Waals surface area contributed by atoms with E-state index in [-0.39, 0.29) is 5.69 Å². The molecular formula is C12H11NO3S. The Morgan fingerprint density at radius 3 is 2.71 bits per heavy atom. The highest BCUT2D eigenvalue weighted by Gasteiger charge is 2.13. The predicted octanol–water partition coefficient (Wildman–Crippen LogP) is 3.07. The van der Waals surface area contributed by atoms with E-state index in [0.29, 0.717) is 5.76 Å². The van der Waals surface area contributed by atoms with Crippen LogP contribution in [0.3, 0.4) is 0 Å². The SMILES string of the molecule is CSc1ccc(-c2cc(C(=O)O)no2)c(C)c1. The molecule has 0 unspecified atom stereocenters. The Morgan fingerprint density at radius 2 is 2.18 bits per heavy atom. The summed E-state index contributed by atoms with van der Waals surface area (Å²) in [6, 6.07) is 7.34. The third kappa shape index (κ3) is 2.34. The van der Waals surface area contributed by atoms with Crippen molar-refractivity contribution in [3.8, 4) is 11.3 Å². The highest BCUT2D eigenvalue weighted by atomic mass is 32.2. The average molecular weight is 249 g/mol. The Kier molecular flexibility index (Phi) is 3.19. The van der Waals surface area contributed by atoms with Gasteiger partial charge in [-0.15, -0.1) is 11.8 Å². The van der Waals surface area contributed by atoms with E-state index in [1.54, 1.807) is 11.8 Å². The number of aryl methyl sites for hydroxylation is 1. The van der Waals surface area contributed by atoms with Gasteiger partial charge in [-0.05, 0) is 36.9 Å². The maximum absolute atomic E-state index is 10.7. The fourth-order valence-electron chi connectivity index (χ4n) is 1.54. The number of hydrogen-bond donors (Lipinski definition) is 1. The third-order valence-electron chi connectivity index (χ3n) is 2.43. The number of carboxylic acid groups (broad SMARTS) is 1. The molecule has 0 aliphatic rings. The topological polar surface area (TPSA) is 63.3 Å². The first kappa shape index (κ1) is 11.7. The summed E-state index contributed by atoms with van der Waals surface area (Å²) in [4.78, 5) is 11.9. The molecule has 1 aromatic heterocycles. The van der Waals surface area contributed by atoms with Crippen LogP contribution in [0.5, 0.6) is 0 Å². The standard InChI is InChI=1S/C12H11NO3S/c1-7-5-8(17-2)3-4-9(7)11-6-10(12(14)15)13-16-11/h3-6H,1-2H3,(H,14,15). The van der Waals surface area contributed by atoms with Crippen LogP contribution in [-0.2, 0) is 0 Å². The van der Waals surface area contributed by atoms with Crippen LogP contribution in [0.15, 0.2) is 33.7 Å². The summed E-state index contributed by atoms with van der Waals surface area (Å²) in [6.07, 6.45) is 2.01. The Balaban J connectivity index is 2.42. The predicted molar refractivity (Wildman–Crippen MR) is 65.4 cm³/mol. The van der Waals surface area contributed by atoms with E-state index in [1.165, 1.54) is 6.07 Å². The third-order valence-corrected chi connectivity index (χ3v) is 3.15. The molecule has 0 spiro atoms. The van der Waals surface area contributed by atoms with Crippen LogP contribution in [-0.4, -0.2) is 22.5 Å². The van der Waals surface area contributed by atoms with Crippen LogP contribution < -0.4 is 0 Å². The summed E-state index contributed by atoms with van der Waals surface area (Å²) >= 11 is 1.66. The smallest absolute Gasteiger partial charge is 0.358 e. The van der Waals surface area contributed by atoms with Crippen LogP contribution in [0.1, 0.15) is 16.1 Å². The van der Waals surface area contributed by atoms with E-state index in [1.807, 2.05) is 31.4 Å². The van der Waals surface area contributed by atoms with Crippen molar-refractivity contribution in [2.45, 2.75) is 11.8 Å². The molecule has 0 fully saturated rings. The first-order valence-corrected chi connectivity index (χ1v) is 6.19. The monoisotopic (exact) mass is 249 g/mol. The van der Waals surface area contributed by atoms with Crippen molar-refractivity contribution in [3.63, 3.8) is 0 Å². The van der Waals surface area contributed by atoms with Crippen LogP contribution in [0.2, 0.25) is 0 Å². The summed E-state index contributed by atoms with van der Waals surface area (Å²) < 4.78 is 5.03. The lowest BCUT2D eigenvalue weighted by molar-refractivity contribution is 0.0686. The highest BCUT2D eigenvalue weighted by molar-refractivity contribution is 7.98. The van der Waals surface area contributed by atoms with E-state index >= 15 is 0 Å². The highest BCUT2D eigenvalue weighted by Crippen LogP contribution is 2.27. The zero-order valence-corrected chi connectivity index (χ0v) is 10.2. The van der Waals surface area contributed by atoms with E-state index < -0.39 is 5.97 Å². The van der Waals surface area contributed by atoms with Crippen molar-refractivity contribution in [2.24, 2.45) is 0 Å². The molecule has 0 atom stereocenters.